The van der Waals surface area contributed by atoms with E-state index in [1.54, 1.807) is 60.7 Å². The topological polar surface area (TPSA) is 145 Å². The van der Waals surface area contributed by atoms with Gasteiger partial charge in [0.1, 0.15) is 22.3 Å². The fourth-order valence-corrected chi connectivity index (χ4v) is 5.99. The number of nitrogens with one attached hydrogen (secondary N) is 3. The Kier molecular flexibility index (Phi) is 11.1. The van der Waals surface area contributed by atoms with E-state index in [2.05, 4.69) is 31.9 Å². The number of anilines is 2. The number of carboxylic acids is 1. The van der Waals surface area contributed by atoms with Crippen LogP contribution in [0.5, 0.6) is 5.75 Å². The van der Waals surface area contributed by atoms with Crippen molar-refractivity contribution >= 4 is 68.8 Å². The molecule has 5 N–H and O–H groups in total. The molecule has 3 amide bonds. The summed E-state index contributed by atoms with van der Waals surface area (Å²) in [6.45, 7) is 0. The lowest BCUT2D eigenvalue weighted by molar-refractivity contribution is -0.116. The predicted octanol–water partition coefficient (Wildman–Crippen LogP) is 7.73. The highest BCUT2D eigenvalue weighted by molar-refractivity contribution is 9.10. The van der Waals surface area contributed by atoms with Crippen molar-refractivity contribution in [3.63, 3.8) is 0 Å². The Balaban J connectivity index is 1.33. The van der Waals surface area contributed by atoms with Gasteiger partial charge in [0.05, 0.1) is 0 Å². The van der Waals surface area contributed by atoms with Crippen LogP contribution in [0.4, 0.5) is 11.4 Å². The number of hydrogen-bond donors (Lipinski definition) is 5. The Labute approximate surface area is 288 Å². The van der Waals surface area contributed by atoms with Crippen molar-refractivity contribution < 1.29 is 29.4 Å². The van der Waals surface area contributed by atoms with Crippen LogP contribution in [-0.2, 0) is 9.59 Å². The van der Waals surface area contributed by atoms with Gasteiger partial charge in [-0.15, -0.1) is 11.8 Å². The summed E-state index contributed by atoms with van der Waals surface area (Å²) in [6.07, 6.45) is 1.59. The number of benzene rings is 5. The minimum absolute atomic E-state index is 0.0431. The van der Waals surface area contributed by atoms with Gasteiger partial charge in [-0.05, 0) is 83.9 Å². The number of halogens is 1. The van der Waals surface area contributed by atoms with Gasteiger partial charge in [-0.2, -0.15) is 0 Å². The number of thioether (sulfide) groups is 1. The molecule has 1 atom stereocenters. The van der Waals surface area contributed by atoms with Gasteiger partial charge in [0.25, 0.3) is 11.8 Å². The summed E-state index contributed by atoms with van der Waals surface area (Å²) in [5.41, 5.74) is 2.21. The molecule has 5 rings (SSSR count). The second-order valence-electron chi connectivity index (χ2n) is 10.3. The second-order valence-corrected chi connectivity index (χ2v) is 12.4. The average molecular weight is 723 g/mol. The molecular weight excluding hydrogens is 694 g/mol. The van der Waals surface area contributed by atoms with E-state index in [1.165, 1.54) is 30.0 Å². The van der Waals surface area contributed by atoms with E-state index in [4.69, 9.17) is 0 Å². The number of aromatic carboxylic acids is 1. The van der Waals surface area contributed by atoms with Gasteiger partial charge in [0.15, 0.2) is 0 Å². The van der Waals surface area contributed by atoms with Crippen LogP contribution in [0.15, 0.2) is 142 Å². The zero-order chi connectivity index (χ0) is 34.0. The van der Waals surface area contributed by atoms with Gasteiger partial charge >= 0.3 is 5.97 Å². The molecule has 0 aromatic heterocycles. The number of rotatable bonds is 11. The Morgan fingerprint density at radius 2 is 1.40 bits per heavy atom. The maximum atomic E-state index is 13.5. The number of amides is 3. The highest BCUT2D eigenvalue weighted by Gasteiger charge is 2.23. The quantitative estimate of drug-likeness (QED) is 0.0533. The standard InChI is InChI=1S/C37H28BrN3O6S/c38-26-13-7-8-23(20-26)21-31(41-34(43)25-11-5-2-6-12-25)35(44)39-27-14-17-29(18-15-27)48-33(24-9-3-1-4-10-24)36(45)40-28-16-19-32(42)30(22-28)37(46)47/h1-22,33,42H,(H,39,44)(H,40,45)(H,41,43)(H,46,47)/b31-21-. The lowest BCUT2D eigenvalue weighted by atomic mass is 10.1. The third-order valence-corrected chi connectivity index (χ3v) is 8.65. The lowest BCUT2D eigenvalue weighted by Crippen LogP contribution is -2.30. The van der Waals surface area contributed by atoms with Crippen LogP contribution in [0.1, 0.15) is 37.1 Å². The zero-order valence-corrected chi connectivity index (χ0v) is 27.5. The van der Waals surface area contributed by atoms with Crippen molar-refractivity contribution in [1.29, 1.82) is 0 Å². The minimum atomic E-state index is -1.32. The van der Waals surface area contributed by atoms with Crippen LogP contribution < -0.4 is 16.0 Å². The molecule has 5 aromatic carbocycles. The minimum Gasteiger partial charge on any atom is -0.507 e. The number of aromatic hydroxyl groups is 1. The molecule has 0 aliphatic rings. The summed E-state index contributed by atoms with van der Waals surface area (Å²) in [5.74, 6) is -3.09. The van der Waals surface area contributed by atoms with Crippen LogP contribution in [0.2, 0.25) is 0 Å². The van der Waals surface area contributed by atoms with Gasteiger partial charge in [-0.25, -0.2) is 4.79 Å². The normalized spacial score (nSPS) is 11.6. The van der Waals surface area contributed by atoms with E-state index >= 15 is 0 Å². The van der Waals surface area contributed by atoms with Crippen molar-refractivity contribution in [3.05, 3.63) is 160 Å². The van der Waals surface area contributed by atoms with Gasteiger partial charge in [0.2, 0.25) is 5.91 Å². The van der Waals surface area contributed by atoms with Crippen LogP contribution in [0, 0.1) is 0 Å². The number of hydrogen-bond acceptors (Lipinski definition) is 6. The molecule has 0 heterocycles. The molecule has 48 heavy (non-hydrogen) atoms. The van der Waals surface area contributed by atoms with E-state index in [1.807, 2.05) is 54.6 Å². The molecule has 0 radical (unpaired) electrons. The van der Waals surface area contributed by atoms with Crippen molar-refractivity contribution in [2.24, 2.45) is 0 Å². The first-order valence-corrected chi connectivity index (χ1v) is 16.2. The van der Waals surface area contributed by atoms with Crippen molar-refractivity contribution in [3.8, 4) is 5.75 Å². The smallest absolute Gasteiger partial charge is 0.339 e. The molecule has 0 aliphatic carbocycles. The van der Waals surface area contributed by atoms with E-state index in [-0.39, 0.29) is 16.9 Å². The molecule has 0 saturated carbocycles. The molecule has 0 bridgehead atoms. The average Bonchev–Trinajstić information content (AvgIpc) is 3.09. The van der Waals surface area contributed by atoms with Gasteiger partial charge < -0.3 is 26.2 Å². The number of carboxylic acid groups (broad SMARTS) is 1. The summed E-state index contributed by atoms with van der Waals surface area (Å²) in [5, 5.41) is 26.8. The van der Waals surface area contributed by atoms with Crippen molar-refractivity contribution in [2.75, 3.05) is 10.6 Å². The Bertz CT molecular complexity index is 1990. The zero-order valence-electron chi connectivity index (χ0n) is 25.1. The molecule has 1 unspecified atom stereocenters. The molecule has 240 valence electrons. The third kappa shape index (κ3) is 8.99. The summed E-state index contributed by atoms with van der Waals surface area (Å²) in [7, 11) is 0. The van der Waals surface area contributed by atoms with Crippen LogP contribution in [0.3, 0.4) is 0 Å². The van der Waals surface area contributed by atoms with Crippen LogP contribution >= 0.6 is 27.7 Å². The Hall–Kier alpha value is -5.65. The Morgan fingerprint density at radius 1 is 0.729 bits per heavy atom. The first-order chi connectivity index (χ1) is 23.2. The molecule has 0 saturated heterocycles. The monoisotopic (exact) mass is 721 g/mol. The second kappa shape index (κ2) is 15.8. The maximum absolute atomic E-state index is 13.5. The summed E-state index contributed by atoms with van der Waals surface area (Å²) < 4.78 is 0.814. The molecular formula is C37H28BrN3O6S. The van der Waals surface area contributed by atoms with Crippen LogP contribution in [0.25, 0.3) is 6.08 Å². The molecule has 0 spiro atoms. The largest absolute Gasteiger partial charge is 0.507 e. The fraction of sp³-hybridized carbons (Fsp3) is 0.0270. The summed E-state index contributed by atoms with van der Waals surface area (Å²) >= 11 is 4.69. The highest BCUT2D eigenvalue weighted by Crippen LogP contribution is 2.37. The SMILES string of the molecule is O=C(Nc1ccc(SC(C(=O)Nc2ccc(O)c(C(=O)O)c2)c2ccccc2)cc1)/C(=C/c1cccc(Br)c1)NC(=O)c1ccccc1. The number of carbonyl (C=O) groups is 4. The lowest BCUT2D eigenvalue weighted by Gasteiger charge is -2.18. The molecule has 0 aliphatic heterocycles. The van der Waals surface area contributed by atoms with E-state index in [9.17, 15) is 29.4 Å². The number of carbonyl (C=O) groups excluding carboxylic acids is 3. The summed E-state index contributed by atoms with van der Waals surface area (Å²) in [4.78, 5) is 52.1. The fourth-order valence-electron chi connectivity index (χ4n) is 4.55. The number of phenols is 1. The van der Waals surface area contributed by atoms with Crippen LogP contribution in [-0.4, -0.2) is 33.9 Å². The van der Waals surface area contributed by atoms with E-state index < -0.39 is 34.7 Å². The van der Waals surface area contributed by atoms with Crippen molar-refractivity contribution in [1.82, 2.24) is 5.32 Å². The molecule has 5 aromatic rings. The highest BCUT2D eigenvalue weighted by atomic mass is 79.9. The predicted molar refractivity (Wildman–Crippen MR) is 190 cm³/mol. The van der Waals surface area contributed by atoms with Crippen molar-refractivity contribution in [2.45, 2.75) is 10.1 Å². The van der Waals surface area contributed by atoms with Gasteiger partial charge in [-0.1, -0.05) is 76.6 Å². The molecule has 11 heteroatoms. The third-order valence-electron chi connectivity index (χ3n) is 6.89. The van der Waals surface area contributed by atoms with Gasteiger partial charge in [-0.3, -0.25) is 14.4 Å². The first-order valence-electron chi connectivity index (χ1n) is 14.5. The Morgan fingerprint density at radius 3 is 2.06 bits per heavy atom. The van der Waals surface area contributed by atoms with Gasteiger partial charge in [0, 0.05) is 26.3 Å². The molecule has 9 nitrogen and oxygen atoms in total. The summed E-state index contributed by atoms with van der Waals surface area (Å²) in [6, 6.07) is 35.7. The first kappa shape index (κ1) is 33.7. The van der Waals surface area contributed by atoms with E-state index in [0.29, 0.717) is 22.4 Å². The maximum Gasteiger partial charge on any atom is 0.339 e. The molecule has 0 fully saturated rings. The van der Waals surface area contributed by atoms with E-state index in [0.717, 1.165) is 9.37 Å².